The van der Waals surface area contributed by atoms with Gasteiger partial charge in [0, 0.05) is 12.5 Å². The van der Waals surface area contributed by atoms with Crippen LogP contribution in [0.3, 0.4) is 0 Å². The van der Waals surface area contributed by atoms with Gasteiger partial charge in [0.2, 0.25) is 5.89 Å². The molecule has 1 unspecified atom stereocenters. The second kappa shape index (κ2) is 7.82. The van der Waals surface area contributed by atoms with Gasteiger partial charge in [0.15, 0.2) is 5.82 Å². The standard InChI is InChI=1S/C13H24N4O.ClH/c1-10(2)13-15-12(16-18-13)9-17-6-4-5-11(8-17)7-14-3;/h10-11,14H,4-9H2,1-3H3;1H. The predicted molar refractivity (Wildman–Crippen MR) is 77.6 cm³/mol. The Hall–Kier alpha value is -0.650. The number of hydrogen-bond acceptors (Lipinski definition) is 5. The van der Waals surface area contributed by atoms with Gasteiger partial charge in [-0.25, -0.2) is 0 Å². The van der Waals surface area contributed by atoms with Gasteiger partial charge in [-0.15, -0.1) is 12.4 Å². The highest BCUT2D eigenvalue weighted by atomic mass is 35.5. The minimum atomic E-state index is 0. The molecule has 1 aromatic rings. The summed E-state index contributed by atoms with van der Waals surface area (Å²) in [5.74, 6) is 2.63. The first-order chi connectivity index (χ1) is 8.69. The molecule has 1 aliphatic heterocycles. The normalized spacial score (nSPS) is 20.5. The quantitative estimate of drug-likeness (QED) is 0.899. The van der Waals surface area contributed by atoms with E-state index in [1.807, 2.05) is 7.05 Å². The van der Waals surface area contributed by atoms with E-state index in [0.29, 0.717) is 5.92 Å². The highest BCUT2D eigenvalue weighted by molar-refractivity contribution is 5.85. The van der Waals surface area contributed by atoms with E-state index in [9.17, 15) is 0 Å². The maximum absolute atomic E-state index is 5.24. The summed E-state index contributed by atoms with van der Waals surface area (Å²) in [5.41, 5.74) is 0. The minimum absolute atomic E-state index is 0. The number of likely N-dealkylation sites (tertiary alicyclic amines) is 1. The van der Waals surface area contributed by atoms with Gasteiger partial charge in [-0.1, -0.05) is 19.0 Å². The van der Waals surface area contributed by atoms with Crippen LogP contribution in [0.1, 0.15) is 44.3 Å². The van der Waals surface area contributed by atoms with E-state index >= 15 is 0 Å². The van der Waals surface area contributed by atoms with Crippen LogP contribution in [-0.4, -0.2) is 41.7 Å². The summed E-state index contributed by atoms with van der Waals surface area (Å²) in [6, 6.07) is 0. The zero-order valence-electron chi connectivity index (χ0n) is 12.1. The smallest absolute Gasteiger partial charge is 0.229 e. The number of rotatable bonds is 5. The molecule has 1 aliphatic rings. The van der Waals surface area contributed by atoms with Crippen LogP contribution in [0, 0.1) is 5.92 Å². The fourth-order valence-electron chi connectivity index (χ4n) is 2.52. The van der Waals surface area contributed by atoms with Crippen LogP contribution in [0.25, 0.3) is 0 Å². The van der Waals surface area contributed by atoms with Gasteiger partial charge >= 0.3 is 0 Å². The molecule has 110 valence electrons. The summed E-state index contributed by atoms with van der Waals surface area (Å²) in [6.45, 7) is 8.33. The molecule has 1 fully saturated rings. The van der Waals surface area contributed by atoms with Gasteiger partial charge < -0.3 is 9.84 Å². The van der Waals surface area contributed by atoms with Crippen LogP contribution in [-0.2, 0) is 6.54 Å². The van der Waals surface area contributed by atoms with E-state index in [4.69, 9.17) is 4.52 Å². The van der Waals surface area contributed by atoms with E-state index in [1.165, 1.54) is 12.8 Å². The van der Waals surface area contributed by atoms with Crippen LogP contribution in [0.4, 0.5) is 0 Å². The Labute approximate surface area is 121 Å². The highest BCUT2D eigenvalue weighted by Gasteiger charge is 2.21. The molecule has 5 nitrogen and oxygen atoms in total. The first kappa shape index (κ1) is 16.4. The lowest BCUT2D eigenvalue weighted by atomic mass is 9.98. The van der Waals surface area contributed by atoms with Crippen molar-refractivity contribution in [2.75, 3.05) is 26.7 Å². The number of piperidine rings is 1. The van der Waals surface area contributed by atoms with Gasteiger partial charge in [-0.3, -0.25) is 4.90 Å². The fourth-order valence-corrected chi connectivity index (χ4v) is 2.52. The molecule has 0 aromatic carbocycles. The van der Waals surface area contributed by atoms with Crippen molar-refractivity contribution in [3.63, 3.8) is 0 Å². The molecule has 1 saturated heterocycles. The Kier molecular flexibility index (Phi) is 6.75. The van der Waals surface area contributed by atoms with Crippen molar-refractivity contribution in [2.24, 2.45) is 5.92 Å². The van der Waals surface area contributed by atoms with Gasteiger partial charge in [-0.05, 0) is 38.9 Å². The summed E-state index contributed by atoms with van der Waals surface area (Å²) >= 11 is 0. The third-order valence-electron chi connectivity index (χ3n) is 3.44. The van der Waals surface area contributed by atoms with Crippen molar-refractivity contribution in [1.82, 2.24) is 20.4 Å². The number of aromatic nitrogens is 2. The molecular formula is C13H25ClN4O. The molecule has 19 heavy (non-hydrogen) atoms. The van der Waals surface area contributed by atoms with Gasteiger partial charge in [-0.2, -0.15) is 4.98 Å². The lowest BCUT2D eigenvalue weighted by Gasteiger charge is -2.31. The Balaban J connectivity index is 0.00000180. The molecule has 1 aromatic heterocycles. The van der Waals surface area contributed by atoms with Crippen LogP contribution in [0.5, 0.6) is 0 Å². The van der Waals surface area contributed by atoms with Crippen molar-refractivity contribution in [3.05, 3.63) is 11.7 Å². The van der Waals surface area contributed by atoms with Gasteiger partial charge in [0.25, 0.3) is 0 Å². The van der Waals surface area contributed by atoms with Gasteiger partial charge in [0.05, 0.1) is 6.54 Å². The van der Waals surface area contributed by atoms with E-state index in [1.54, 1.807) is 0 Å². The number of halogens is 1. The van der Waals surface area contributed by atoms with E-state index in [0.717, 1.165) is 43.8 Å². The van der Waals surface area contributed by atoms with E-state index < -0.39 is 0 Å². The molecule has 0 saturated carbocycles. The van der Waals surface area contributed by atoms with Crippen molar-refractivity contribution in [2.45, 2.75) is 39.2 Å². The maximum atomic E-state index is 5.24. The minimum Gasteiger partial charge on any atom is -0.339 e. The first-order valence-corrected chi connectivity index (χ1v) is 6.88. The third-order valence-corrected chi connectivity index (χ3v) is 3.44. The molecular weight excluding hydrogens is 264 g/mol. The highest BCUT2D eigenvalue weighted by Crippen LogP contribution is 2.18. The third kappa shape index (κ3) is 4.75. The molecule has 0 amide bonds. The van der Waals surface area contributed by atoms with Crippen molar-refractivity contribution in [1.29, 1.82) is 0 Å². The SMILES string of the molecule is CNCC1CCCN(Cc2noc(C(C)C)n2)C1.Cl. The molecule has 6 heteroatoms. The molecule has 2 heterocycles. The summed E-state index contributed by atoms with van der Waals surface area (Å²) in [4.78, 5) is 6.87. The summed E-state index contributed by atoms with van der Waals surface area (Å²) < 4.78 is 5.24. The number of nitrogens with zero attached hydrogens (tertiary/aromatic N) is 3. The van der Waals surface area contributed by atoms with Crippen LogP contribution in [0.2, 0.25) is 0 Å². The molecule has 0 radical (unpaired) electrons. The average molecular weight is 289 g/mol. The molecule has 0 aliphatic carbocycles. The zero-order valence-corrected chi connectivity index (χ0v) is 12.9. The Bertz CT molecular complexity index is 367. The zero-order chi connectivity index (χ0) is 13.0. The Morgan fingerprint density at radius 1 is 1.47 bits per heavy atom. The fraction of sp³-hybridized carbons (Fsp3) is 0.846. The largest absolute Gasteiger partial charge is 0.339 e. The average Bonchev–Trinajstić information content (AvgIpc) is 2.78. The summed E-state index contributed by atoms with van der Waals surface area (Å²) in [6.07, 6.45) is 2.59. The second-order valence-electron chi connectivity index (χ2n) is 5.50. The monoisotopic (exact) mass is 288 g/mol. The molecule has 0 spiro atoms. The lowest BCUT2D eigenvalue weighted by molar-refractivity contribution is 0.162. The Morgan fingerprint density at radius 2 is 2.26 bits per heavy atom. The summed E-state index contributed by atoms with van der Waals surface area (Å²) in [5, 5.41) is 7.32. The predicted octanol–water partition coefficient (Wildman–Crippen LogP) is 2.05. The number of nitrogens with one attached hydrogen (secondary N) is 1. The van der Waals surface area contributed by atoms with E-state index in [-0.39, 0.29) is 12.4 Å². The molecule has 1 atom stereocenters. The Morgan fingerprint density at radius 3 is 2.89 bits per heavy atom. The molecule has 2 rings (SSSR count). The lowest BCUT2D eigenvalue weighted by Crippen LogP contribution is -2.38. The van der Waals surface area contributed by atoms with E-state index in [2.05, 4.69) is 34.2 Å². The van der Waals surface area contributed by atoms with Crippen molar-refractivity contribution >= 4 is 12.4 Å². The first-order valence-electron chi connectivity index (χ1n) is 6.88. The van der Waals surface area contributed by atoms with Crippen molar-refractivity contribution in [3.8, 4) is 0 Å². The van der Waals surface area contributed by atoms with Crippen molar-refractivity contribution < 1.29 is 4.52 Å². The maximum Gasteiger partial charge on any atom is 0.229 e. The second-order valence-corrected chi connectivity index (χ2v) is 5.50. The molecule has 0 bridgehead atoms. The van der Waals surface area contributed by atoms with Crippen LogP contribution in [0.15, 0.2) is 4.52 Å². The van der Waals surface area contributed by atoms with Crippen LogP contribution < -0.4 is 5.32 Å². The number of hydrogen-bond donors (Lipinski definition) is 1. The summed E-state index contributed by atoms with van der Waals surface area (Å²) in [7, 11) is 2.02. The van der Waals surface area contributed by atoms with Gasteiger partial charge in [0.1, 0.15) is 0 Å². The molecule has 1 N–H and O–H groups in total. The van der Waals surface area contributed by atoms with Crippen LogP contribution >= 0.6 is 12.4 Å². The topological polar surface area (TPSA) is 54.2 Å².